The zero-order chi connectivity index (χ0) is 9.73. The van der Waals surface area contributed by atoms with Gasteiger partial charge >= 0.3 is 0 Å². The lowest BCUT2D eigenvalue weighted by Crippen LogP contribution is -2.27. The minimum Gasteiger partial charge on any atom is -0.377 e. The molecule has 5 heteroatoms. The van der Waals surface area contributed by atoms with E-state index >= 15 is 0 Å². The molecule has 1 heterocycles. The fourth-order valence-electron chi connectivity index (χ4n) is 1.40. The summed E-state index contributed by atoms with van der Waals surface area (Å²) in [6.45, 7) is 1.24. The van der Waals surface area contributed by atoms with E-state index < -0.39 is 9.84 Å². The van der Waals surface area contributed by atoms with E-state index in [1.165, 1.54) is 0 Å². The highest BCUT2D eigenvalue weighted by molar-refractivity contribution is 7.91. The predicted octanol–water partition coefficient (Wildman–Crippen LogP) is -0.200. The molecular formula is C8H17NO3S. The molecular weight excluding hydrogens is 190 g/mol. The van der Waals surface area contributed by atoms with Crippen LogP contribution in [0.15, 0.2) is 0 Å². The van der Waals surface area contributed by atoms with Crippen LogP contribution < -0.4 is 5.32 Å². The molecule has 0 radical (unpaired) electrons. The van der Waals surface area contributed by atoms with Crippen LogP contribution in [0, 0.1) is 0 Å². The molecule has 78 valence electrons. The fourth-order valence-corrected chi connectivity index (χ4v) is 2.91. The van der Waals surface area contributed by atoms with Crippen molar-refractivity contribution in [2.75, 3.05) is 31.7 Å². The van der Waals surface area contributed by atoms with Gasteiger partial charge in [-0.05, 0) is 19.9 Å². The number of ether oxygens (including phenoxy) is 1. The minimum absolute atomic E-state index is 0.0538. The first-order valence-corrected chi connectivity index (χ1v) is 6.43. The molecule has 0 aromatic rings. The van der Waals surface area contributed by atoms with Crippen LogP contribution in [0.5, 0.6) is 0 Å². The van der Waals surface area contributed by atoms with Gasteiger partial charge in [0.15, 0.2) is 9.84 Å². The van der Waals surface area contributed by atoms with Gasteiger partial charge in [-0.3, -0.25) is 0 Å². The number of nitrogens with one attached hydrogen (secondary N) is 1. The van der Waals surface area contributed by atoms with Gasteiger partial charge in [0.25, 0.3) is 0 Å². The maximum atomic E-state index is 11.4. The van der Waals surface area contributed by atoms with Gasteiger partial charge in [0.1, 0.15) is 0 Å². The van der Waals surface area contributed by atoms with Crippen molar-refractivity contribution >= 4 is 9.84 Å². The summed E-state index contributed by atoms with van der Waals surface area (Å²) in [5.74, 6) is 0.401. The smallest absolute Gasteiger partial charge is 0.154 e. The van der Waals surface area contributed by atoms with E-state index in [-0.39, 0.29) is 17.6 Å². The Morgan fingerprint density at radius 2 is 2.31 bits per heavy atom. The quantitative estimate of drug-likeness (QED) is 0.678. The zero-order valence-corrected chi connectivity index (χ0v) is 8.77. The van der Waals surface area contributed by atoms with Gasteiger partial charge in [0.2, 0.25) is 0 Å². The molecule has 1 fully saturated rings. The molecule has 0 aliphatic carbocycles. The van der Waals surface area contributed by atoms with Crippen LogP contribution in [0.25, 0.3) is 0 Å². The summed E-state index contributed by atoms with van der Waals surface area (Å²) in [5.41, 5.74) is 0. The van der Waals surface area contributed by atoms with Crippen molar-refractivity contribution in [3.8, 4) is 0 Å². The summed E-state index contributed by atoms with van der Waals surface area (Å²) < 4.78 is 28.1. The Morgan fingerprint density at radius 3 is 2.85 bits per heavy atom. The van der Waals surface area contributed by atoms with Gasteiger partial charge in [-0.1, -0.05) is 0 Å². The summed E-state index contributed by atoms with van der Waals surface area (Å²) in [7, 11) is -1.16. The molecule has 1 saturated heterocycles. The molecule has 0 aromatic carbocycles. The third-order valence-corrected chi connectivity index (χ3v) is 3.83. The molecule has 1 rings (SSSR count). The van der Waals surface area contributed by atoms with Gasteiger partial charge in [0, 0.05) is 13.2 Å². The van der Waals surface area contributed by atoms with Crippen LogP contribution in [-0.2, 0) is 14.6 Å². The molecule has 1 N–H and O–H groups in total. The summed E-state index contributed by atoms with van der Waals surface area (Å²) in [5, 5.41) is 2.83. The SMILES string of the molecule is CNCCS(=O)(=O)CC1CCCO1. The molecule has 0 spiro atoms. The molecule has 1 atom stereocenters. The lowest BCUT2D eigenvalue weighted by atomic mass is 10.3. The van der Waals surface area contributed by atoms with Crippen LogP contribution in [0.2, 0.25) is 0 Å². The highest BCUT2D eigenvalue weighted by atomic mass is 32.2. The molecule has 0 bridgehead atoms. The molecule has 0 amide bonds. The standard InChI is InChI=1S/C8H17NO3S/c1-9-4-6-13(10,11)7-8-3-2-5-12-8/h8-9H,2-7H2,1H3. The number of sulfone groups is 1. The Bertz CT molecular complexity index is 232. The highest BCUT2D eigenvalue weighted by Gasteiger charge is 2.22. The summed E-state index contributed by atoms with van der Waals surface area (Å²) in [6, 6.07) is 0. The van der Waals surface area contributed by atoms with Gasteiger partial charge in [0.05, 0.1) is 17.6 Å². The van der Waals surface area contributed by atoms with Gasteiger partial charge in [-0.15, -0.1) is 0 Å². The Morgan fingerprint density at radius 1 is 1.54 bits per heavy atom. The van der Waals surface area contributed by atoms with E-state index in [0.29, 0.717) is 13.2 Å². The molecule has 0 aromatic heterocycles. The summed E-state index contributed by atoms with van der Waals surface area (Å²) in [4.78, 5) is 0. The van der Waals surface area contributed by atoms with Crippen LogP contribution in [0.1, 0.15) is 12.8 Å². The Kier molecular flexibility index (Phi) is 4.15. The molecule has 1 aliphatic rings. The van der Waals surface area contributed by atoms with Crippen molar-refractivity contribution in [2.24, 2.45) is 0 Å². The van der Waals surface area contributed by atoms with Gasteiger partial charge in [-0.2, -0.15) is 0 Å². The van der Waals surface area contributed by atoms with E-state index in [1.807, 2.05) is 0 Å². The fraction of sp³-hybridized carbons (Fsp3) is 1.00. The van der Waals surface area contributed by atoms with Crippen molar-refractivity contribution in [2.45, 2.75) is 18.9 Å². The maximum absolute atomic E-state index is 11.4. The number of hydrogen-bond acceptors (Lipinski definition) is 4. The third-order valence-electron chi connectivity index (χ3n) is 2.13. The van der Waals surface area contributed by atoms with E-state index in [9.17, 15) is 8.42 Å². The Hall–Kier alpha value is -0.130. The van der Waals surface area contributed by atoms with Crippen LogP contribution >= 0.6 is 0 Å². The minimum atomic E-state index is -2.91. The largest absolute Gasteiger partial charge is 0.377 e. The first-order chi connectivity index (χ1) is 6.14. The van der Waals surface area contributed by atoms with Crippen LogP contribution in [0.4, 0.5) is 0 Å². The topological polar surface area (TPSA) is 55.4 Å². The van der Waals surface area contributed by atoms with Crippen molar-refractivity contribution in [3.63, 3.8) is 0 Å². The van der Waals surface area contributed by atoms with Gasteiger partial charge in [-0.25, -0.2) is 8.42 Å². The molecule has 0 saturated carbocycles. The van der Waals surface area contributed by atoms with Gasteiger partial charge < -0.3 is 10.1 Å². The summed E-state index contributed by atoms with van der Waals surface area (Å²) >= 11 is 0. The van der Waals surface area contributed by atoms with Crippen molar-refractivity contribution in [3.05, 3.63) is 0 Å². The maximum Gasteiger partial charge on any atom is 0.154 e. The van der Waals surface area contributed by atoms with E-state index in [4.69, 9.17) is 4.74 Å². The lowest BCUT2D eigenvalue weighted by Gasteiger charge is -2.09. The van der Waals surface area contributed by atoms with Crippen LogP contribution in [-0.4, -0.2) is 46.2 Å². The van der Waals surface area contributed by atoms with E-state index in [2.05, 4.69) is 5.32 Å². The lowest BCUT2D eigenvalue weighted by molar-refractivity contribution is 0.127. The molecule has 13 heavy (non-hydrogen) atoms. The average Bonchev–Trinajstić information content (AvgIpc) is 2.52. The Balaban J connectivity index is 2.32. The first-order valence-electron chi connectivity index (χ1n) is 4.61. The normalized spacial score (nSPS) is 23.6. The van der Waals surface area contributed by atoms with Crippen LogP contribution in [0.3, 0.4) is 0 Å². The van der Waals surface area contributed by atoms with E-state index in [0.717, 1.165) is 12.8 Å². The second-order valence-corrected chi connectivity index (χ2v) is 5.58. The number of rotatable bonds is 5. The van der Waals surface area contributed by atoms with Crippen molar-refractivity contribution in [1.29, 1.82) is 0 Å². The Labute approximate surface area is 79.6 Å². The second kappa shape index (κ2) is 4.93. The second-order valence-electron chi connectivity index (χ2n) is 3.35. The first kappa shape index (κ1) is 10.9. The molecule has 1 unspecified atom stereocenters. The summed E-state index contributed by atoms with van der Waals surface area (Å²) in [6.07, 6.45) is 1.83. The molecule has 4 nitrogen and oxygen atoms in total. The van der Waals surface area contributed by atoms with Crippen molar-refractivity contribution < 1.29 is 13.2 Å². The third kappa shape index (κ3) is 4.06. The predicted molar refractivity (Wildman–Crippen MR) is 51.6 cm³/mol. The van der Waals surface area contributed by atoms with Crippen molar-refractivity contribution in [1.82, 2.24) is 5.32 Å². The average molecular weight is 207 g/mol. The monoisotopic (exact) mass is 207 g/mol. The highest BCUT2D eigenvalue weighted by Crippen LogP contribution is 2.13. The van der Waals surface area contributed by atoms with E-state index in [1.54, 1.807) is 7.05 Å². The molecule has 1 aliphatic heterocycles. The zero-order valence-electron chi connectivity index (χ0n) is 7.95. The number of hydrogen-bond donors (Lipinski definition) is 1.